The number of hydrogen-bond acceptors (Lipinski definition) is 7. The fraction of sp³-hybridized carbons (Fsp3) is 0.121. The van der Waals surface area contributed by atoms with Crippen LogP contribution in [-0.2, 0) is 9.59 Å². The lowest BCUT2D eigenvalue weighted by Crippen LogP contribution is -2.30. The van der Waals surface area contributed by atoms with E-state index in [-0.39, 0.29) is 23.0 Å². The molecule has 0 fully saturated rings. The highest BCUT2D eigenvalue weighted by molar-refractivity contribution is 8.00. The van der Waals surface area contributed by atoms with Crippen molar-refractivity contribution >= 4 is 46.9 Å². The predicted molar refractivity (Wildman–Crippen MR) is 169 cm³/mol. The zero-order chi connectivity index (χ0) is 31.5. The Morgan fingerprint density at radius 3 is 2.05 bits per heavy atom. The number of carbonyl (C=O) groups excluding carboxylic acids is 3. The van der Waals surface area contributed by atoms with Gasteiger partial charge in [0.1, 0.15) is 11.5 Å². The van der Waals surface area contributed by atoms with Gasteiger partial charge in [0.25, 0.3) is 11.8 Å². The first-order valence-corrected chi connectivity index (χ1v) is 14.3. The average molecular weight is 616 g/mol. The summed E-state index contributed by atoms with van der Waals surface area (Å²) in [6, 6.07) is 24.6. The number of thioether (sulfide) groups is 1. The van der Waals surface area contributed by atoms with Gasteiger partial charge in [-0.2, -0.15) is 0 Å². The molecular weight excluding hydrogens is 585 g/mol. The van der Waals surface area contributed by atoms with E-state index in [0.29, 0.717) is 34.1 Å². The second kappa shape index (κ2) is 15.3. The van der Waals surface area contributed by atoms with Crippen LogP contribution in [0.4, 0.5) is 15.8 Å². The maximum atomic E-state index is 13.8. The number of nitrogens with one attached hydrogen (secondary N) is 3. The van der Waals surface area contributed by atoms with E-state index < -0.39 is 17.6 Å². The Kier molecular flexibility index (Phi) is 11.0. The van der Waals surface area contributed by atoms with Gasteiger partial charge in [-0.3, -0.25) is 14.4 Å². The number of para-hydroxylation sites is 1. The standard InChI is InChI=1S/C33H30FN3O6S/c1-41-28-18-21(19-29(42-2)31(28)43-3)17-27(37-32(39)22-9-5-4-6-10-22)33(40)35-23-13-15-24(16-14-23)44-20-30(38)36-26-12-8-7-11-25(26)34/h4-19H,20H2,1-3H3,(H,35,40)(H,36,38)(H,37,39)/b27-17-. The molecule has 0 unspecified atom stereocenters. The van der Waals surface area contributed by atoms with Crippen molar-refractivity contribution in [3.63, 3.8) is 0 Å². The molecule has 3 N–H and O–H groups in total. The number of halogens is 1. The molecule has 0 aliphatic rings. The molecule has 4 aromatic rings. The van der Waals surface area contributed by atoms with Gasteiger partial charge >= 0.3 is 0 Å². The highest BCUT2D eigenvalue weighted by atomic mass is 32.2. The van der Waals surface area contributed by atoms with Gasteiger partial charge in [0, 0.05) is 16.1 Å². The van der Waals surface area contributed by atoms with Crippen molar-refractivity contribution < 1.29 is 33.0 Å². The molecule has 0 heterocycles. The molecule has 0 saturated carbocycles. The maximum absolute atomic E-state index is 13.8. The first kappa shape index (κ1) is 31.6. The third-order valence-corrected chi connectivity index (χ3v) is 7.17. The van der Waals surface area contributed by atoms with Crippen LogP contribution in [0.5, 0.6) is 17.2 Å². The number of amides is 3. The van der Waals surface area contributed by atoms with Crippen LogP contribution >= 0.6 is 11.8 Å². The van der Waals surface area contributed by atoms with Crippen molar-refractivity contribution in [2.75, 3.05) is 37.7 Å². The van der Waals surface area contributed by atoms with Crippen LogP contribution in [0.1, 0.15) is 15.9 Å². The van der Waals surface area contributed by atoms with E-state index in [0.717, 1.165) is 4.90 Å². The smallest absolute Gasteiger partial charge is 0.272 e. The Morgan fingerprint density at radius 1 is 0.795 bits per heavy atom. The zero-order valence-corrected chi connectivity index (χ0v) is 25.0. The van der Waals surface area contributed by atoms with Gasteiger partial charge in [-0.25, -0.2) is 4.39 Å². The van der Waals surface area contributed by atoms with Crippen LogP contribution in [0, 0.1) is 5.82 Å². The van der Waals surface area contributed by atoms with Crippen molar-refractivity contribution in [2.24, 2.45) is 0 Å². The van der Waals surface area contributed by atoms with Gasteiger partial charge in [-0.05, 0) is 72.3 Å². The van der Waals surface area contributed by atoms with Gasteiger partial charge in [0.05, 0.1) is 32.8 Å². The van der Waals surface area contributed by atoms with Crippen molar-refractivity contribution in [3.05, 3.63) is 114 Å². The Hall–Kier alpha value is -5.29. The van der Waals surface area contributed by atoms with E-state index in [1.807, 2.05) is 0 Å². The summed E-state index contributed by atoms with van der Waals surface area (Å²) in [7, 11) is 4.44. The quantitative estimate of drug-likeness (QED) is 0.132. The molecule has 11 heteroatoms. The number of hydrogen-bond donors (Lipinski definition) is 3. The van der Waals surface area contributed by atoms with Gasteiger partial charge in [0.15, 0.2) is 11.5 Å². The van der Waals surface area contributed by atoms with E-state index in [2.05, 4.69) is 16.0 Å². The van der Waals surface area contributed by atoms with Crippen LogP contribution in [0.3, 0.4) is 0 Å². The minimum atomic E-state index is -0.576. The Labute approximate surface area is 258 Å². The van der Waals surface area contributed by atoms with Crippen molar-refractivity contribution in [3.8, 4) is 17.2 Å². The first-order valence-electron chi connectivity index (χ1n) is 13.3. The van der Waals surface area contributed by atoms with E-state index in [1.165, 1.54) is 51.3 Å². The number of methoxy groups -OCH3 is 3. The SMILES string of the molecule is COc1cc(/C=C(\NC(=O)c2ccccc2)C(=O)Nc2ccc(SCC(=O)Nc3ccccc3F)cc2)cc(OC)c1OC. The summed E-state index contributed by atoms with van der Waals surface area (Å²) >= 11 is 1.26. The van der Waals surface area contributed by atoms with Gasteiger partial charge in [-0.1, -0.05) is 30.3 Å². The van der Waals surface area contributed by atoms with E-state index in [9.17, 15) is 18.8 Å². The summed E-state index contributed by atoms with van der Waals surface area (Å²) in [5.41, 5.74) is 1.43. The average Bonchev–Trinajstić information content (AvgIpc) is 3.05. The number of ether oxygens (including phenoxy) is 3. The minimum absolute atomic E-state index is 0.0311. The molecule has 226 valence electrons. The second-order valence-electron chi connectivity index (χ2n) is 9.13. The largest absolute Gasteiger partial charge is 0.493 e. The first-order chi connectivity index (χ1) is 21.3. The molecule has 0 radical (unpaired) electrons. The summed E-state index contributed by atoms with van der Waals surface area (Å²) in [6.45, 7) is 0. The lowest BCUT2D eigenvalue weighted by atomic mass is 10.1. The normalized spacial score (nSPS) is 10.9. The number of rotatable bonds is 12. The summed E-state index contributed by atoms with van der Waals surface area (Å²) in [6.07, 6.45) is 1.50. The number of anilines is 2. The Bertz CT molecular complexity index is 1640. The molecule has 0 saturated heterocycles. The molecule has 0 atom stereocenters. The fourth-order valence-corrected chi connectivity index (χ4v) is 4.72. The molecule has 9 nitrogen and oxygen atoms in total. The van der Waals surface area contributed by atoms with Crippen LogP contribution in [0.15, 0.2) is 102 Å². The summed E-state index contributed by atoms with van der Waals surface area (Å²) in [5.74, 6) is -0.710. The molecule has 0 bridgehead atoms. The molecule has 44 heavy (non-hydrogen) atoms. The lowest BCUT2D eigenvalue weighted by Gasteiger charge is -2.15. The molecule has 0 aromatic heterocycles. The van der Waals surface area contributed by atoms with Crippen molar-refractivity contribution in [1.29, 1.82) is 0 Å². The molecule has 0 spiro atoms. The number of benzene rings is 4. The number of carbonyl (C=O) groups is 3. The van der Waals surface area contributed by atoms with Gasteiger partial charge in [-0.15, -0.1) is 11.8 Å². The van der Waals surface area contributed by atoms with Crippen LogP contribution in [0.2, 0.25) is 0 Å². The lowest BCUT2D eigenvalue weighted by molar-refractivity contribution is -0.114. The highest BCUT2D eigenvalue weighted by Gasteiger charge is 2.18. The molecule has 4 rings (SSSR count). The van der Waals surface area contributed by atoms with Gasteiger partial charge < -0.3 is 30.2 Å². The monoisotopic (exact) mass is 615 g/mol. The fourth-order valence-electron chi connectivity index (χ4n) is 4.02. The van der Waals surface area contributed by atoms with E-state index in [1.54, 1.807) is 78.9 Å². The van der Waals surface area contributed by atoms with Gasteiger partial charge in [0.2, 0.25) is 11.7 Å². The predicted octanol–water partition coefficient (Wildman–Crippen LogP) is 5.99. The zero-order valence-electron chi connectivity index (χ0n) is 24.2. The van der Waals surface area contributed by atoms with Crippen LogP contribution in [-0.4, -0.2) is 44.8 Å². The van der Waals surface area contributed by atoms with E-state index >= 15 is 0 Å². The second-order valence-corrected chi connectivity index (χ2v) is 10.2. The highest BCUT2D eigenvalue weighted by Crippen LogP contribution is 2.38. The van der Waals surface area contributed by atoms with Crippen LogP contribution < -0.4 is 30.2 Å². The van der Waals surface area contributed by atoms with Crippen molar-refractivity contribution in [1.82, 2.24) is 5.32 Å². The molecule has 0 aliphatic heterocycles. The minimum Gasteiger partial charge on any atom is -0.493 e. The third kappa shape index (κ3) is 8.39. The summed E-state index contributed by atoms with van der Waals surface area (Å²) in [4.78, 5) is 39.5. The summed E-state index contributed by atoms with van der Waals surface area (Å²) < 4.78 is 30.0. The molecule has 0 aliphatic carbocycles. The molecule has 3 amide bonds. The van der Waals surface area contributed by atoms with Crippen LogP contribution in [0.25, 0.3) is 6.08 Å². The Balaban J connectivity index is 1.50. The van der Waals surface area contributed by atoms with E-state index in [4.69, 9.17) is 14.2 Å². The van der Waals surface area contributed by atoms with Crippen molar-refractivity contribution in [2.45, 2.75) is 4.90 Å². The Morgan fingerprint density at radius 2 is 1.43 bits per heavy atom. The third-order valence-electron chi connectivity index (χ3n) is 6.16. The topological polar surface area (TPSA) is 115 Å². The summed E-state index contributed by atoms with van der Waals surface area (Å²) in [5, 5.41) is 8.03. The molecular formula is C33H30FN3O6S. The molecule has 4 aromatic carbocycles. The maximum Gasteiger partial charge on any atom is 0.272 e.